The second-order valence-corrected chi connectivity index (χ2v) is 10.5. The Labute approximate surface area is 218 Å². The van der Waals surface area contributed by atoms with Crippen LogP contribution in [0.5, 0.6) is 5.75 Å². The molecule has 0 saturated carbocycles. The number of aliphatic hydroxyl groups is 1. The van der Waals surface area contributed by atoms with Crippen molar-refractivity contribution < 1.29 is 9.84 Å². The number of benzene rings is 2. The van der Waals surface area contributed by atoms with Gasteiger partial charge in [-0.15, -0.1) is 11.3 Å². The van der Waals surface area contributed by atoms with Crippen LogP contribution in [0.3, 0.4) is 0 Å². The molecule has 0 aliphatic rings. The largest absolute Gasteiger partial charge is 0.491 e. The molecule has 2 heterocycles. The zero-order valence-electron chi connectivity index (χ0n) is 19.5. The molecule has 1 unspecified atom stereocenters. The second kappa shape index (κ2) is 11.5. The molecule has 1 atom stereocenters. The normalized spacial score (nSPS) is 12.5. The van der Waals surface area contributed by atoms with Crippen LogP contribution in [-0.2, 0) is 6.54 Å². The third-order valence-corrected chi connectivity index (χ3v) is 6.83. The molecular formula is C26H27Cl2N3O3S. The van der Waals surface area contributed by atoms with Crippen LogP contribution < -0.4 is 10.3 Å². The van der Waals surface area contributed by atoms with Gasteiger partial charge in [-0.3, -0.25) is 9.69 Å². The number of ether oxygens (including phenoxy) is 1. The van der Waals surface area contributed by atoms with Crippen molar-refractivity contribution in [2.24, 2.45) is 5.92 Å². The Bertz CT molecular complexity index is 1340. The van der Waals surface area contributed by atoms with Crippen LogP contribution in [0.4, 0.5) is 0 Å². The molecule has 0 spiro atoms. The first-order chi connectivity index (χ1) is 16.8. The first-order valence-corrected chi connectivity index (χ1v) is 13.0. The highest BCUT2D eigenvalue weighted by Gasteiger charge is 2.18. The molecule has 2 N–H and O–H groups in total. The number of aromatic amines is 1. The maximum absolute atomic E-state index is 13.0. The summed E-state index contributed by atoms with van der Waals surface area (Å²) in [5.74, 6) is 1.57. The molecule has 0 bridgehead atoms. The predicted octanol–water partition coefficient (Wildman–Crippen LogP) is 5.86. The maximum Gasteiger partial charge on any atom is 0.260 e. The maximum atomic E-state index is 13.0. The number of nitrogens with zero attached hydrogens (tertiary/aromatic N) is 2. The number of aromatic nitrogens is 2. The Kier molecular flexibility index (Phi) is 8.46. The average molecular weight is 532 g/mol. The third kappa shape index (κ3) is 6.63. The zero-order valence-corrected chi connectivity index (χ0v) is 21.8. The summed E-state index contributed by atoms with van der Waals surface area (Å²) < 4.78 is 5.69. The van der Waals surface area contributed by atoms with Gasteiger partial charge in [0.2, 0.25) is 0 Å². The van der Waals surface area contributed by atoms with Gasteiger partial charge in [-0.05, 0) is 36.2 Å². The van der Waals surface area contributed by atoms with Gasteiger partial charge in [-0.2, -0.15) is 0 Å². The highest BCUT2D eigenvalue weighted by Crippen LogP contribution is 2.34. The lowest BCUT2D eigenvalue weighted by Gasteiger charge is -2.26. The number of fused-ring (bicyclic) bond motifs is 1. The van der Waals surface area contributed by atoms with E-state index in [1.807, 2.05) is 29.6 Å². The van der Waals surface area contributed by atoms with Gasteiger partial charge in [-0.1, -0.05) is 55.2 Å². The Balaban J connectivity index is 1.49. The topological polar surface area (TPSA) is 78.5 Å². The molecule has 184 valence electrons. The van der Waals surface area contributed by atoms with Gasteiger partial charge >= 0.3 is 0 Å². The highest BCUT2D eigenvalue weighted by molar-refractivity contribution is 7.17. The number of nitrogens with one attached hydrogen (secondary N) is 1. The summed E-state index contributed by atoms with van der Waals surface area (Å²) >= 11 is 13.7. The van der Waals surface area contributed by atoms with Crippen LogP contribution in [0.1, 0.15) is 19.7 Å². The van der Waals surface area contributed by atoms with Crippen molar-refractivity contribution in [2.75, 3.05) is 19.7 Å². The SMILES string of the molecule is CC(C)CN(Cc1nc2scc(-c3ccccc3Cl)c2c(=O)[nH]1)CC(O)COc1ccc(Cl)cc1. The minimum Gasteiger partial charge on any atom is -0.491 e. The van der Waals surface area contributed by atoms with E-state index in [0.717, 1.165) is 17.7 Å². The minimum atomic E-state index is -0.714. The minimum absolute atomic E-state index is 0.144. The van der Waals surface area contributed by atoms with Crippen molar-refractivity contribution in [2.45, 2.75) is 26.5 Å². The van der Waals surface area contributed by atoms with Crippen molar-refractivity contribution in [3.63, 3.8) is 0 Å². The molecule has 0 fully saturated rings. The summed E-state index contributed by atoms with van der Waals surface area (Å²) in [6.07, 6.45) is -0.714. The molecule has 4 aromatic rings. The first kappa shape index (κ1) is 25.7. The van der Waals surface area contributed by atoms with Crippen LogP contribution in [0.25, 0.3) is 21.3 Å². The molecular weight excluding hydrogens is 505 g/mol. The predicted molar refractivity (Wildman–Crippen MR) is 144 cm³/mol. The Morgan fingerprint density at radius 2 is 1.83 bits per heavy atom. The van der Waals surface area contributed by atoms with Gasteiger partial charge in [-0.25, -0.2) is 4.98 Å². The van der Waals surface area contributed by atoms with Crippen molar-refractivity contribution in [3.05, 3.63) is 80.1 Å². The molecule has 9 heteroatoms. The molecule has 6 nitrogen and oxygen atoms in total. The van der Waals surface area contributed by atoms with Crippen LogP contribution >= 0.6 is 34.5 Å². The lowest BCUT2D eigenvalue weighted by atomic mass is 10.1. The van der Waals surface area contributed by atoms with E-state index in [4.69, 9.17) is 32.9 Å². The third-order valence-electron chi connectivity index (χ3n) is 5.38. The number of rotatable bonds is 10. The number of halogens is 2. The van der Waals surface area contributed by atoms with E-state index in [-0.39, 0.29) is 12.2 Å². The van der Waals surface area contributed by atoms with E-state index >= 15 is 0 Å². The molecule has 35 heavy (non-hydrogen) atoms. The molecule has 0 aliphatic heterocycles. The molecule has 0 amide bonds. The number of H-pyrrole nitrogens is 1. The molecule has 0 saturated heterocycles. The summed E-state index contributed by atoms with van der Waals surface area (Å²) in [4.78, 5) is 23.4. The Hall–Kier alpha value is -2.42. The second-order valence-electron chi connectivity index (χ2n) is 8.83. The summed E-state index contributed by atoms with van der Waals surface area (Å²) in [7, 11) is 0. The van der Waals surface area contributed by atoms with Crippen LogP contribution in [0, 0.1) is 5.92 Å². The van der Waals surface area contributed by atoms with Crippen LogP contribution in [-0.4, -0.2) is 45.8 Å². The fourth-order valence-electron chi connectivity index (χ4n) is 3.95. The lowest BCUT2D eigenvalue weighted by molar-refractivity contribution is 0.0606. The van der Waals surface area contributed by atoms with E-state index in [1.54, 1.807) is 24.3 Å². The van der Waals surface area contributed by atoms with E-state index in [9.17, 15) is 9.90 Å². The monoisotopic (exact) mass is 531 g/mol. The first-order valence-electron chi connectivity index (χ1n) is 11.3. The van der Waals surface area contributed by atoms with Crippen LogP contribution in [0.15, 0.2) is 58.7 Å². The number of aliphatic hydroxyl groups excluding tert-OH is 1. The van der Waals surface area contributed by atoms with Gasteiger partial charge in [0.25, 0.3) is 5.56 Å². The lowest BCUT2D eigenvalue weighted by Crippen LogP contribution is -2.38. The fraction of sp³-hybridized carbons (Fsp3) is 0.308. The van der Waals surface area contributed by atoms with E-state index in [2.05, 4.69) is 23.7 Å². The van der Waals surface area contributed by atoms with E-state index in [1.165, 1.54) is 11.3 Å². The standard InChI is InChI=1S/C26H27Cl2N3O3S/c1-16(2)11-31(12-18(32)14-34-19-9-7-17(27)8-10-19)13-23-29-25(33)24-21(15-35-26(24)30-23)20-5-3-4-6-22(20)28/h3-10,15-16,18,32H,11-14H2,1-2H3,(H,29,30,33). The quantitative estimate of drug-likeness (QED) is 0.268. The van der Waals surface area contributed by atoms with Crippen molar-refractivity contribution in [1.29, 1.82) is 0 Å². The average Bonchev–Trinajstić information content (AvgIpc) is 3.23. The number of hydrogen-bond donors (Lipinski definition) is 2. The Morgan fingerprint density at radius 3 is 2.54 bits per heavy atom. The highest BCUT2D eigenvalue weighted by atomic mass is 35.5. The Morgan fingerprint density at radius 1 is 1.09 bits per heavy atom. The fourth-order valence-corrected chi connectivity index (χ4v) is 5.27. The number of thiophene rings is 1. The summed E-state index contributed by atoms with van der Waals surface area (Å²) in [5.41, 5.74) is 1.40. The molecule has 2 aromatic carbocycles. The van der Waals surface area contributed by atoms with E-state index in [0.29, 0.717) is 50.8 Å². The zero-order chi connectivity index (χ0) is 24.9. The molecule has 2 aromatic heterocycles. The molecule has 0 aliphatic carbocycles. The molecule has 4 rings (SSSR count). The van der Waals surface area contributed by atoms with E-state index < -0.39 is 6.10 Å². The van der Waals surface area contributed by atoms with Gasteiger partial charge < -0.3 is 14.8 Å². The van der Waals surface area contributed by atoms with Crippen LogP contribution in [0.2, 0.25) is 10.0 Å². The number of hydrogen-bond acceptors (Lipinski definition) is 6. The smallest absolute Gasteiger partial charge is 0.260 e. The molecule has 0 radical (unpaired) electrons. The summed E-state index contributed by atoms with van der Waals surface area (Å²) in [5, 5.41) is 14.3. The van der Waals surface area contributed by atoms with Crippen molar-refractivity contribution >= 4 is 44.8 Å². The van der Waals surface area contributed by atoms with Gasteiger partial charge in [0.05, 0.1) is 11.9 Å². The summed E-state index contributed by atoms with van der Waals surface area (Å²) in [6, 6.07) is 14.5. The van der Waals surface area contributed by atoms with Gasteiger partial charge in [0.1, 0.15) is 29.1 Å². The van der Waals surface area contributed by atoms with Gasteiger partial charge in [0.15, 0.2) is 0 Å². The van der Waals surface area contributed by atoms with Gasteiger partial charge in [0, 0.05) is 39.6 Å². The summed E-state index contributed by atoms with van der Waals surface area (Å²) in [6.45, 7) is 5.88. The van der Waals surface area contributed by atoms with Crippen molar-refractivity contribution in [1.82, 2.24) is 14.9 Å². The van der Waals surface area contributed by atoms with Crippen molar-refractivity contribution in [3.8, 4) is 16.9 Å².